The molecular formula is C26H32N2O2. The van der Waals surface area contributed by atoms with Crippen LogP contribution < -0.4 is 9.47 Å². The van der Waals surface area contributed by atoms with Gasteiger partial charge in [-0.2, -0.15) is 0 Å². The smallest absolute Gasteiger partial charge is 0.118 e. The summed E-state index contributed by atoms with van der Waals surface area (Å²) in [5, 5.41) is 0. The van der Waals surface area contributed by atoms with Crippen LogP contribution in [0.15, 0.2) is 48.5 Å². The van der Waals surface area contributed by atoms with Gasteiger partial charge >= 0.3 is 0 Å². The fourth-order valence-electron chi connectivity index (χ4n) is 3.49. The van der Waals surface area contributed by atoms with Gasteiger partial charge in [0.05, 0.1) is 37.0 Å². The van der Waals surface area contributed by atoms with E-state index in [-0.39, 0.29) is 0 Å². The molecule has 3 aromatic rings. The summed E-state index contributed by atoms with van der Waals surface area (Å²) in [5.74, 6) is 1.67. The third kappa shape index (κ3) is 5.18. The van der Waals surface area contributed by atoms with Crippen LogP contribution in [0.4, 0.5) is 0 Å². The molecule has 4 heteroatoms. The Morgan fingerprint density at radius 1 is 0.600 bits per heavy atom. The Morgan fingerprint density at radius 2 is 0.967 bits per heavy atom. The van der Waals surface area contributed by atoms with Crippen LogP contribution in [0.25, 0.3) is 22.5 Å². The second-order valence-electron chi connectivity index (χ2n) is 7.48. The van der Waals surface area contributed by atoms with Crippen molar-refractivity contribution in [3.63, 3.8) is 0 Å². The van der Waals surface area contributed by atoms with Gasteiger partial charge in [-0.3, -0.25) is 0 Å². The minimum absolute atomic E-state index is 0.837. The first-order valence-corrected chi connectivity index (χ1v) is 10.9. The minimum atomic E-state index is 0.837. The Balaban J connectivity index is 2.15. The number of hydrogen-bond donors (Lipinski definition) is 0. The van der Waals surface area contributed by atoms with Crippen LogP contribution in [0.5, 0.6) is 11.5 Å². The maximum absolute atomic E-state index is 5.34. The van der Waals surface area contributed by atoms with Gasteiger partial charge in [0.2, 0.25) is 0 Å². The predicted molar refractivity (Wildman–Crippen MR) is 123 cm³/mol. The zero-order valence-corrected chi connectivity index (χ0v) is 18.6. The summed E-state index contributed by atoms with van der Waals surface area (Å²) in [6.07, 6.45) is 6.47. The van der Waals surface area contributed by atoms with Crippen molar-refractivity contribution >= 4 is 0 Å². The van der Waals surface area contributed by atoms with Crippen LogP contribution >= 0.6 is 0 Å². The molecule has 0 saturated carbocycles. The molecule has 0 spiro atoms. The largest absolute Gasteiger partial charge is 0.497 e. The van der Waals surface area contributed by atoms with Gasteiger partial charge in [0.25, 0.3) is 0 Å². The highest BCUT2D eigenvalue weighted by Crippen LogP contribution is 2.32. The van der Waals surface area contributed by atoms with Crippen LogP contribution in [0.2, 0.25) is 0 Å². The highest BCUT2D eigenvalue weighted by molar-refractivity contribution is 5.78. The number of unbranched alkanes of at least 4 members (excludes halogenated alkanes) is 2. The molecular weight excluding hydrogens is 372 g/mol. The third-order valence-corrected chi connectivity index (χ3v) is 5.31. The molecule has 0 radical (unpaired) electrons. The van der Waals surface area contributed by atoms with Gasteiger partial charge < -0.3 is 9.47 Å². The first-order chi connectivity index (χ1) is 14.7. The Hall–Kier alpha value is -2.88. The lowest BCUT2D eigenvalue weighted by Gasteiger charge is -2.16. The summed E-state index contributed by atoms with van der Waals surface area (Å²) >= 11 is 0. The quantitative estimate of drug-likeness (QED) is 0.386. The van der Waals surface area contributed by atoms with E-state index in [2.05, 4.69) is 38.1 Å². The third-order valence-electron chi connectivity index (χ3n) is 5.31. The lowest BCUT2D eigenvalue weighted by molar-refractivity contribution is 0.414. The predicted octanol–water partition coefficient (Wildman–Crippen LogP) is 6.51. The monoisotopic (exact) mass is 404 g/mol. The molecule has 0 aliphatic carbocycles. The van der Waals surface area contributed by atoms with Gasteiger partial charge in [0, 0.05) is 11.1 Å². The van der Waals surface area contributed by atoms with Crippen molar-refractivity contribution in [2.45, 2.75) is 52.4 Å². The first-order valence-electron chi connectivity index (χ1n) is 10.9. The lowest BCUT2D eigenvalue weighted by Crippen LogP contribution is -2.06. The van der Waals surface area contributed by atoms with E-state index in [1.54, 1.807) is 14.2 Å². The summed E-state index contributed by atoms with van der Waals surface area (Å²) in [7, 11) is 3.37. The summed E-state index contributed by atoms with van der Waals surface area (Å²) in [4.78, 5) is 10.3. The number of hydrogen-bond acceptors (Lipinski definition) is 4. The average Bonchev–Trinajstić information content (AvgIpc) is 2.81. The summed E-state index contributed by atoms with van der Waals surface area (Å²) in [6.45, 7) is 4.44. The van der Waals surface area contributed by atoms with E-state index in [1.165, 1.54) is 0 Å². The van der Waals surface area contributed by atoms with Crippen LogP contribution in [-0.2, 0) is 12.8 Å². The Morgan fingerprint density at radius 3 is 1.27 bits per heavy atom. The maximum Gasteiger partial charge on any atom is 0.118 e. The second kappa shape index (κ2) is 10.8. The molecule has 0 aliphatic heterocycles. The van der Waals surface area contributed by atoms with Crippen molar-refractivity contribution in [3.05, 3.63) is 59.9 Å². The Bertz CT molecular complexity index is 856. The van der Waals surface area contributed by atoms with Crippen molar-refractivity contribution < 1.29 is 9.47 Å². The van der Waals surface area contributed by atoms with Gasteiger partial charge in [0.15, 0.2) is 0 Å². The van der Waals surface area contributed by atoms with Crippen molar-refractivity contribution in [1.29, 1.82) is 0 Å². The molecule has 0 aliphatic rings. The van der Waals surface area contributed by atoms with Gasteiger partial charge in [-0.05, 0) is 74.2 Å². The molecule has 158 valence electrons. The molecule has 0 N–H and O–H groups in total. The number of methoxy groups -OCH3 is 2. The van der Waals surface area contributed by atoms with E-state index >= 15 is 0 Å². The van der Waals surface area contributed by atoms with E-state index in [9.17, 15) is 0 Å². The molecule has 0 fully saturated rings. The lowest BCUT2D eigenvalue weighted by atomic mass is 10.0. The van der Waals surface area contributed by atoms with E-state index in [0.29, 0.717) is 0 Å². The zero-order chi connectivity index (χ0) is 21.3. The standard InChI is InChI=1S/C26H32N2O2/c1-5-7-9-23-24(10-8-6-2)28-26(20-13-17-22(30-4)18-14-20)25(27-23)19-11-15-21(29-3)16-12-19/h11-18H,5-10H2,1-4H3. The minimum Gasteiger partial charge on any atom is -0.497 e. The van der Waals surface area contributed by atoms with Crippen LogP contribution in [-0.4, -0.2) is 24.2 Å². The molecule has 0 saturated heterocycles. The number of benzene rings is 2. The van der Waals surface area contributed by atoms with Gasteiger partial charge in [-0.25, -0.2) is 9.97 Å². The molecule has 0 amide bonds. The van der Waals surface area contributed by atoms with Crippen molar-refractivity contribution in [1.82, 2.24) is 9.97 Å². The van der Waals surface area contributed by atoms with Crippen LogP contribution in [0.1, 0.15) is 50.9 Å². The Kier molecular flexibility index (Phi) is 7.83. The number of rotatable bonds is 10. The number of nitrogens with zero attached hydrogens (tertiary/aromatic N) is 2. The maximum atomic E-state index is 5.34. The molecule has 30 heavy (non-hydrogen) atoms. The summed E-state index contributed by atoms with van der Waals surface area (Å²) < 4.78 is 10.7. The average molecular weight is 405 g/mol. The van der Waals surface area contributed by atoms with Crippen molar-refractivity contribution in [2.24, 2.45) is 0 Å². The van der Waals surface area contributed by atoms with Crippen molar-refractivity contribution in [3.8, 4) is 34.0 Å². The summed E-state index contributed by atoms with van der Waals surface area (Å²) in [5.41, 5.74) is 6.22. The normalized spacial score (nSPS) is 10.8. The fraction of sp³-hybridized carbons (Fsp3) is 0.385. The molecule has 0 atom stereocenters. The fourth-order valence-corrected chi connectivity index (χ4v) is 3.49. The Labute approximate surface area is 180 Å². The second-order valence-corrected chi connectivity index (χ2v) is 7.48. The van der Waals surface area contributed by atoms with E-state index in [0.717, 1.165) is 83.9 Å². The highest BCUT2D eigenvalue weighted by Gasteiger charge is 2.17. The van der Waals surface area contributed by atoms with Crippen LogP contribution in [0.3, 0.4) is 0 Å². The molecule has 1 aromatic heterocycles. The van der Waals surface area contributed by atoms with E-state index in [1.807, 2.05) is 24.3 Å². The zero-order valence-electron chi connectivity index (χ0n) is 18.6. The number of ether oxygens (including phenoxy) is 2. The molecule has 1 heterocycles. The van der Waals surface area contributed by atoms with Gasteiger partial charge in [-0.1, -0.05) is 26.7 Å². The van der Waals surface area contributed by atoms with Crippen molar-refractivity contribution in [2.75, 3.05) is 14.2 Å². The van der Waals surface area contributed by atoms with E-state index < -0.39 is 0 Å². The number of aromatic nitrogens is 2. The molecule has 3 rings (SSSR count). The van der Waals surface area contributed by atoms with Gasteiger partial charge in [-0.15, -0.1) is 0 Å². The highest BCUT2D eigenvalue weighted by atomic mass is 16.5. The molecule has 4 nitrogen and oxygen atoms in total. The first kappa shape index (κ1) is 21.8. The molecule has 0 unspecified atom stereocenters. The molecule has 2 aromatic carbocycles. The number of aryl methyl sites for hydroxylation is 2. The molecule has 0 bridgehead atoms. The van der Waals surface area contributed by atoms with Gasteiger partial charge in [0.1, 0.15) is 11.5 Å². The summed E-state index contributed by atoms with van der Waals surface area (Å²) in [6, 6.07) is 16.2. The SMILES string of the molecule is CCCCc1nc(-c2ccc(OC)cc2)c(-c2ccc(OC)cc2)nc1CCCC. The topological polar surface area (TPSA) is 44.2 Å². The van der Waals surface area contributed by atoms with E-state index in [4.69, 9.17) is 19.4 Å². The van der Waals surface area contributed by atoms with Crippen LogP contribution in [0, 0.1) is 0 Å².